The standard InChI is InChI=1S/C14H25NOSi2/c1-10-13(17(2,3)4)11-8-16-9-12(11)14(15-10)18(5,6)7/h8-9H2,1-7H3. The minimum absolute atomic E-state index is 0.777. The summed E-state index contributed by atoms with van der Waals surface area (Å²) in [4.78, 5) is 5.00. The number of aryl methyl sites for hydroxylation is 1. The molecule has 4 heteroatoms. The van der Waals surface area contributed by atoms with Gasteiger partial charge in [0.15, 0.2) is 0 Å². The summed E-state index contributed by atoms with van der Waals surface area (Å²) in [7, 11) is -2.72. The van der Waals surface area contributed by atoms with E-state index in [1.807, 2.05) is 0 Å². The average Bonchev–Trinajstić information content (AvgIpc) is 2.60. The van der Waals surface area contributed by atoms with Gasteiger partial charge in [0.1, 0.15) is 8.07 Å². The second-order valence-corrected chi connectivity index (χ2v) is 17.3. The Labute approximate surface area is 113 Å². The summed E-state index contributed by atoms with van der Waals surface area (Å²) < 4.78 is 5.75. The Morgan fingerprint density at radius 1 is 0.889 bits per heavy atom. The predicted octanol–water partition coefficient (Wildman–Crippen LogP) is 2.51. The highest BCUT2D eigenvalue weighted by atomic mass is 28.3. The van der Waals surface area contributed by atoms with Crippen molar-refractivity contribution in [1.29, 1.82) is 0 Å². The molecule has 0 saturated heterocycles. The molecule has 0 spiro atoms. The molecule has 1 aliphatic heterocycles. The molecule has 1 aromatic heterocycles. The maximum absolute atomic E-state index is 5.75. The fourth-order valence-electron chi connectivity index (χ4n) is 2.99. The van der Waals surface area contributed by atoms with Crippen molar-refractivity contribution in [2.24, 2.45) is 0 Å². The number of nitrogens with zero attached hydrogens (tertiary/aromatic N) is 1. The highest BCUT2D eigenvalue weighted by Gasteiger charge is 2.33. The highest BCUT2D eigenvalue weighted by molar-refractivity contribution is 6.90. The van der Waals surface area contributed by atoms with Gasteiger partial charge in [-0.3, -0.25) is 4.98 Å². The molecule has 0 radical (unpaired) electrons. The third-order valence-corrected chi connectivity index (χ3v) is 7.54. The van der Waals surface area contributed by atoms with Gasteiger partial charge in [-0.05, 0) is 17.7 Å². The summed E-state index contributed by atoms with van der Waals surface area (Å²) in [5.41, 5.74) is 4.17. The number of pyridine rings is 1. The summed E-state index contributed by atoms with van der Waals surface area (Å²) in [5.74, 6) is 0. The Morgan fingerprint density at radius 3 is 1.94 bits per heavy atom. The first-order chi connectivity index (χ1) is 8.12. The molecule has 1 aliphatic rings. The molecule has 0 atom stereocenters. The molecule has 1 aromatic rings. The Kier molecular flexibility index (Phi) is 3.32. The van der Waals surface area contributed by atoms with Crippen LogP contribution in [0.4, 0.5) is 0 Å². The first-order valence-electron chi connectivity index (χ1n) is 6.73. The molecule has 18 heavy (non-hydrogen) atoms. The van der Waals surface area contributed by atoms with Crippen molar-refractivity contribution in [3.63, 3.8) is 0 Å². The number of ether oxygens (including phenoxy) is 1. The SMILES string of the molecule is Cc1nc([Si](C)(C)C)c2c(c1[Si](C)(C)C)COC2. The number of hydrogen-bond acceptors (Lipinski definition) is 2. The zero-order valence-electron chi connectivity index (χ0n) is 12.8. The molecular formula is C14H25NOSi2. The third kappa shape index (κ3) is 2.33. The number of hydrogen-bond donors (Lipinski definition) is 0. The van der Waals surface area contributed by atoms with Crippen LogP contribution >= 0.6 is 0 Å². The van der Waals surface area contributed by atoms with Crippen LogP contribution in [0.3, 0.4) is 0 Å². The fourth-order valence-corrected chi connectivity index (χ4v) is 6.89. The molecule has 2 rings (SSSR count). The smallest absolute Gasteiger partial charge is 0.102 e. The second-order valence-electron chi connectivity index (χ2n) is 7.37. The lowest BCUT2D eigenvalue weighted by atomic mass is 10.1. The molecular weight excluding hydrogens is 254 g/mol. The van der Waals surface area contributed by atoms with Crippen LogP contribution in [0.25, 0.3) is 0 Å². The van der Waals surface area contributed by atoms with Gasteiger partial charge >= 0.3 is 0 Å². The van der Waals surface area contributed by atoms with E-state index in [0.29, 0.717) is 0 Å². The van der Waals surface area contributed by atoms with E-state index in [1.165, 1.54) is 27.3 Å². The maximum Gasteiger partial charge on any atom is 0.102 e. The van der Waals surface area contributed by atoms with Gasteiger partial charge in [0.05, 0.1) is 21.3 Å². The van der Waals surface area contributed by atoms with Gasteiger partial charge in [-0.25, -0.2) is 0 Å². The fraction of sp³-hybridized carbons (Fsp3) is 0.643. The van der Waals surface area contributed by atoms with Crippen LogP contribution in [-0.2, 0) is 18.0 Å². The summed E-state index contributed by atoms with van der Waals surface area (Å²) in [6, 6.07) is 0. The maximum atomic E-state index is 5.75. The van der Waals surface area contributed by atoms with E-state index >= 15 is 0 Å². The van der Waals surface area contributed by atoms with Gasteiger partial charge < -0.3 is 4.74 Å². The summed E-state index contributed by atoms with van der Waals surface area (Å²) in [6.45, 7) is 18.1. The van der Waals surface area contributed by atoms with Gasteiger partial charge in [-0.15, -0.1) is 0 Å². The molecule has 0 N–H and O–H groups in total. The lowest BCUT2D eigenvalue weighted by Crippen LogP contribution is -2.49. The van der Waals surface area contributed by atoms with Crippen molar-refractivity contribution in [3.05, 3.63) is 16.8 Å². The molecule has 0 unspecified atom stereocenters. The first kappa shape index (κ1) is 14.0. The Bertz CT molecular complexity index is 484. The van der Waals surface area contributed by atoms with Crippen molar-refractivity contribution >= 4 is 26.7 Å². The van der Waals surface area contributed by atoms with E-state index in [2.05, 4.69) is 46.2 Å². The minimum Gasteiger partial charge on any atom is -0.372 e. The first-order valence-corrected chi connectivity index (χ1v) is 13.7. The van der Waals surface area contributed by atoms with E-state index in [1.54, 1.807) is 0 Å². The van der Waals surface area contributed by atoms with Crippen LogP contribution < -0.4 is 10.5 Å². The highest BCUT2D eigenvalue weighted by Crippen LogP contribution is 2.22. The molecule has 0 aliphatic carbocycles. The molecule has 0 fully saturated rings. The summed E-state index contributed by atoms with van der Waals surface area (Å²) in [6.07, 6.45) is 0. The van der Waals surface area contributed by atoms with E-state index in [4.69, 9.17) is 9.72 Å². The molecule has 0 bridgehead atoms. The second kappa shape index (κ2) is 4.28. The number of aromatic nitrogens is 1. The van der Waals surface area contributed by atoms with Crippen LogP contribution in [0.5, 0.6) is 0 Å². The van der Waals surface area contributed by atoms with Gasteiger partial charge in [-0.1, -0.05) is 39.3 Å². The third-order valence-electron chi connectivity index (χ3n) is 3.55. The molecule has 100 valence electrons. The van der Waals surface area contributed by atoms with E-state index in [-0.39, 0.29) is 0 Å². The molecule has 2 heterocycles. The van der Waals surface area contributed by atoms with Crippen LogP contribution in [0.2, 0.25) is 39.3 Å². The van der Waals surface area contributed by atoms with Crippen LogP contribution in [0.15, 0.2) is 0 Å². The van der Waals surface area contributed by atoms with Crippen molar-refractivity contribution in [2.75, 3.05) is 0 Å². The Balaban J connectivity index is 2.73. The molecule has 0 saturated carbocycles. The van der Waals surface area contributed by atoms with E-state index < -0.39 is 16.1 Å². The lowest BCUT2D eigenvalue weighted by molar-refractivity contribution is 0.135. The predicted molar refractivity (Wildman–Crippen MR) is 83.4 cm³/mol. The molecule has 0 aromatic carbocycles. The van der Waals surface area contributed by atoms with Crippen molar-refractivity contribution in [2.45, 2.75) is 59.4 Å². The van der Waals surface area contributed by atoms with Gasteiger partial charge in [0.25, 0.3) is 0 Å². The van der Waals surface area contributed by atoms with Crippen LogP contribution in [0.1, 0.15) is 16.8 Å². The average molecular weight is 280 g/mol. The Hall–Kier alpha value is -0.456. The zero-order valence-corrected chi connectivity index (χ0v) is 14.8. The van der Waals surface area contributed by atoms with Gasteiger partial charge in [0, 0.05) is 16.6 Å². The van der Waals surface area contributed by atoms with E-state index in [0.717, 1.165) is 13.2 Å². The summed E-state index contributed by atoms with van der Waals surface area (Å²) in [5, 5.41) is 2.91. The van der Waals surface area contributed by atoms with Crippen LogP contribution in [0, 0.1) is 6.92 Å². The number of fused-ring (bicyclic) bond motifs is 1. The topological polar surface area (TPSA) is 22.1 Å². The van der Waals surface area contributed by atoms with Gasteiger partial charge in [0.2, 0.25) is 0 Å². The van der Waals surface area contributed by atoms with Crippen molar-refractivity contribution in [3.8, 4) is 0 Å². The molecule has 0 amide bonds. The quantitative estimate of drug-likeness (QED) is 0.776. The van der Waals surface area contributed by atoms with Crippen LogP contribution in [-0.4, -0.2) is 21.1 Å². The molecule has 2 nitrogen and oxygen atoms in total. The Morgan fingerprint density at radius 2 is 1.44 bits per heavy atom. The lowest BCUT2D eigenvalue weighted by Gasteiger charge is -2.27. The van der Waals surface area contributed by atoms with Gasteiger partial charge in [-0.2, -0.15) is 0 Å². The number of rotatable bonds is 2. The van der Waals surface area contributed by atoms with E-state index in [9.17, 15) is 0 Å². The zero-order chi connectivity index (χ0) is 13.7. The van der Waals surface area contributed by atoms with Crippen molar-refractivity contribution in [1.82, 2.24) is 4.98 Å². The summed E-state index contributed by atoms with van der Waals surface area (Å²) >= 11 is 0. The van der Waals surface area contributed by atoms with Crippen molar-refractivity contribution < 1.29 is 4.74 Å². The largest absolute Gasteiger partial charge is 0.372 e. The monoisotopic (exact) mass is 279 g/mol. The minimum atomic E-state index is -1.38. The normalized spacial score (nSPS) is 15.9.